The number of H-pyrrole nitrogens is 1. The van der Waals surface area contributed by atoms with Crippen LogP contribution in [-0.4, -0.2) is 30.1 Å². The SMILES string of the molecule is Cc1cc(C)c2[nH]c(=O)c(CN(Cc3ccc(F)cc3)[C@H](c3nnnn3C(C)(C)C)C(C)C)cc2c1. The number of rotatable bonds is 7. The van der Waals surface area contributed by atoms with Crippen LogP contribution in [0.15, 0.2) is 47.3 Å². The molecule has 0 saturated heterocycles. The second-order valence-electron chi connectivity index (χ2n) is 11.0. The summed E-state index contributed by atoms with van der Waals surface area (Å²) in [6.45, 7) is 15.4. The molecule has 0 fully saturated rings. The minimum absolute atomic E-state index is 0.114. The fourth-order valence-corrected chi connectivity index (χ4v) is 4.88. The maximum absolute atomic E-state index is 13.6. The van der Waals surface area contributed by atoms with Crippen LogP contribution < -0.4 is 5.56 Å². The second kappa shape index (κ2) is 9.93. The van der Waals surface area contributed by atoms with Crippen molar-refractivity contribution in [2.75, 3.05) is 0 Å². The summed E-state index contributed by atoms with van der Waals surface area (Å²) >= 11 is 0. The van der Waals surface area contributed by atoms with Crippen molar-refractivity contribution < 1.29 is 4.39 Å². The Morgan fingerprint density at radius 3 is 2.39 bits per heavy atom. The van der Waals surface area contributed by atoms with Crippen LogP contribution >= 0.6 is 0 Å². The van der Waals surface area contributed by atoms with Crippen molar-refractivity contribution in [3.8, 4) is 0 Å². The van der Waals surface area contributed by atoms with Gasteiger partial charge in [-0.3, -0.25) is 9.69 Å². The molecule has 2 aromatic carbocycles. The zero-order chi connectivity index (χ0) is 26.2. The monoisotopic (exact) mass is 490 g/mol. The van der Waals surface area contributed by atoms with Gasteiger partial charge < -0.3 is 4.98 Å². The molecule has 7 nitrogen and oxygen atoms in total. The molecule has 0 radical (unpaired) electrons. The van der Waals surface area contributed by atoms with E-state index in [0.717, 1.165) is 33.4 Å². The Bertz CT molecular complexity index is 1410. The summed E-state index contributed by atoms with van der Waals surface area (Å²) < 4.78 is 15.5. The average Bonchev–Trinajstić information content (AvgIpc) is 3.26. The molecule has 0 spiro atoms. The van der Waals surface area contributed by atoms with Crippen molar-refractivity contribution in [1.82, 2.24) is 30.1 Å². The van der Waals surface area contributed by atoms with E-state index in [-0.39, 0.29) is 28.9 Å². The van der Waals surface area contributed by atoms with E-state index in [9.17, 15) is 9.18 Å². The van der Waals surface area contributed by atoms with Crippen LogP contribution in [-0.2, 0) is 18.6 Å². The molecule has 0 amide bonds. The molecule has 2 aromatic heterocycles. The summed E-state index contributed by atoms with van der Waals surface area (Å²) in [4.78, 5) is 18.5. The largest absolute Gasteiger partial charge is 0.321 e. The number of hydrogen-bond donors (Lipinski definition) is 1. The summed E-state index contributed by atoms with van der Waals surface area (Å²) in [6, 6.07) is 12.4. The van der Waals surface area contributed by atoms with E-state index in [1.54, 1.807) is 12.1 Å². The van der Waals surface area contributed by atoms with Crippen LogP contribution in [0.25, 0.3) is 10.9 Å². The third-order valence-corrected chi connectivity index (χ3v) is 6.46. The first-order chi connectivity index (χ1) is 16.9. The Labute approximate surface area is 211 Å². The molecule has 1 N–H and O–H groups in total. The van der Waals surface area contributed by atoms with Crippen molar-refractivity contribution in [3.63, 3.8) is 0 Å². The van der Waals surface area contributed by atoms with E-state index in [1.807, 2.05) is 17.7 Å². The predicted molar refractivity (Wildman–Crippen MR) is 140 cm³/mol. The van der Waals surface area contributed by atoms with E-state index in [4.69, 9.17) is 0 Å². The summed E-state index contributed by atoms with van der Waals surface area (Å²) in [6.07, 6.45) is 0. The van der Waals surface area contributed by atoms with Gasteiger partial charge in [0.1, 0.15) is 5.82 Å². The summed E-state index contributed by atoms with van der Waals surface area (Å²) in [5, 5.41) is 13.7. The van der Waals surface area contributed by atoms with Crippen LogP contribution in [0.4, 0.5) is 4.39 Å². The van der Waals surface area contributed by atoms with Gasteiger partial charge in [0, 0.05) is 18.7 Å². The lowest BCUT2D eigenvalue weighted by Gasteiger charge is -2.35. The first-order valence-corrected chi connectivity index (χ1v) is 12.3. The number of hydrogen-bond acceptors (Lipinski definition) is 5. The van der Waals surface area contributed by atoms with E-state index in [0.29, 0.717) is 18.7 Å². The smallest absolute Gasteiger partial charge is 0.252 e. The number of nitrogens with one attached hydrogen (secondary N) is 1. The number of aromatic nitrogens is 5. The Balaban J connectivity index is 1.83. The molecule has 0 bridgehead atoms. The van der Waals surface area contributed by atoms with Gasteiger partial charge >= 0.3 is 0 Å². The maximum Gasteiger partial charge on any atom is 0.252 e. The second-order valence-corrected chi connectivity index (χ2v) is 11.0. The first kappa shape index (κ1) is 25.7. The number of halogens is 1. The van der Waals surface area contributed by atoms with E-state index in [2.05, 4.69) is 79.1 Å². The van der Waals surface area contributed by atoms with Crippen LogP contribution in [0.1, 0.15) is 68.7 Å². The molecule has 2 heterocycles. The number of aryl methyl sites for hydroxylation is 2. The molecule has 4 aromatic rings. The molecule has 0 unspecified atom stereocenters. The van der Waals surface area contributed by atoms with Crippen molar-refractivity contribution in [1.29, 1.82) is 0 Å². The van der Waals surface area contributed by atoms with Crippen molar-refractivity contribution in [2.24, 2.45) is 5.92 Å². The number of tetrazole rings is 1. The maximum atomic E-state index is 13.6. The molecule has 0 aliphatic heterocycles. The van der Waals surface area contributed by atoms with Gasteiger partial charge in [-0.25, -0.2) is 9.07 Å². The van der Waals surface area contributed by atoms with Crippen LogP contribution in [0.5, 0.6) is 0 Å². The summed E-state index contributed by atoms with van der Waals surface area (Å²) in [5.41, 5.74) is 4.22. The number of nitrogens with zero attached hydrogens (tertiary/aromatic N) is 5. The Morgan fingerprint density at radius 1 is 1.06 bits per heavy atom. The van der Waals surface area contributed by atoms with E-state index < -0.39 is 0 Å². The third-order valence-electron chi connectivity index (χ3n) is 6.46. The predicted octanol–water partition coefficient (Wildman–Crippen LogP) is 5.43. The minimum Gasteiger partial charge on any atom is -0.321 e. The Kier molecular flexibility index (Phi) is 7.09. The summed E-state index contributed by atoms with van der Waals surface area (Å²) in [5.74, 6) is 0.601. The number of pyridine rings is 1. The minimum atomic E-state index is -0.316. The van der Waals surface area contributed by atoms with Gasteiger partial charge in [0.25, 0.3) is 5.56 Å². The van der Waals surface area contributed by atoms with E-state index >= 15 is 0 Å². The van der Waals surface area contributed by atoms with Gasteiger partial charge in [-0.2, -0.15) is 0 Å². The molecule has 0 aliphatic carbocycles. The molecule has 36 heavy (non-hydrogen) atoms. The van der Waals surface area contributed by atoms with E-state index in [1.165, 1.54) is 12.1 Å². The van der Waals surface area contributed by atoms with Crippen molar-refractivity contribution in [3.05, 3.63) is 86.7 Å². The number of benzene rings is 2. The quantitative estimate of drug-likeness (QED) is 0.374. The Hall–Kier alpha value is -3.39. The zero-order valence-corrected chi connectivity index (χ0v) is 22.1. The van der Waals surface area contributed by atoms with Crippen LogP contribution in [0.2, 0.25) is 0 Å². The lowest BCUT2D eigenvalue weighted by atomic mass is 9.98. The summed E-state index contributed by atoms with van der Waals surface area (Å²) in [7, 11) is 0. The highest BCUT2D eigenvalue weighted by Gasteiger charge is 2.33. The molecule has 0 saturated carbocycles. The molecule has 190 valence electrons. The average molecular weight is 491 g/mol. The van der Waals surface area contributed by atoms with Gasteiger partial charge in [-0.1, -0.05) is 37.6 Å². The number of fused-ring (bicyclic) bond motifs is 1. The van der Waals surface area contributed by atoms with Gasteiger partial charge in [0.05, 0.1) is 17.1 Å². The van der Waals surface area contributed by atoms with Gasteiger partial charge in [0.2, 0.25) is 0 Å². The normalized spacial score (nSPS) is 13.2. The van der Waals surface area contributed by atoms with Crippen molar-refractivity contribution in [2.45, 2.75) is 73.1 Å². The van der Waals surface area contributed by atoms with Gasteiger partial charge in [0.15, 0.2) is 5.82 Å². The number of aromatic amines is 1. The van der Waals surface area contributed by atoms with Gasteiger partial charge in [-0.15, -0.1) is 5.10 Å². The standard InChI is InChI=1S/C28H35FN6O/c1-17(2)25(26-31-32-33-35(26)28(5,6)7)34(15-20-8-10-23(29)11-9-20)16-22-14-21-13-18(3)12-19(4)24(21)30-27(22)36/h8-14,17,25H,15-16H2,1-7H3,(H,30,36)/t25-/m0/s1. The van der Waals surface area contributed by atoms with Crippen LogP contribution in [0, 0.1) is 25.6 Å². The molecule has 1 atom stereocenters. The van der Waals surface area contributed by atoms with Crippen LogP contribution in [0.3, 0.4) is 0 Å². The topological polar surface area (TPSA) is 79.7 Å². The lowest BCUT2D eigenvalue weighted by Crippen LogP contribution is -2.37. The van der Waals surface area contributed by atoms with Gasteiger partial charge in [-0.05, 0) is 91.7 Å². The Morgan fingerprint density at radius 2 is 1.75 bits per heavy atom. The molecule has 0 aliphatic rings. The highest BCUT2D eigenvalue weighted by molar-refractivity contribution is 5.82. The molecule has 8 heteroatoms. The lowest BCUT2D eigenvalue weighted by molar-refractivity contribution is 0.119. The molecular weight excluding hydrogens is 455 g/mol. The highest BCUT2D eigenvalue weighted by atomic mass is 19.1. The highest BCUT2D eigenvalue weighted by Crippen LogP contribution is 2.32. The van der Waals surface area contributed by atoms with Crippen molar-refractivity contribution >= 4 is 10.9 Å². The molecule has 4 rings (SSSR count). The third kappa shape index (κ3) is 5.38. The molecular formula is C28H35FN6O. The fraction of sp³-hybridized carbons (Fsp3) is 0.429. The zero-order valence-electron chi connectivity index (χ0n) is 22.1. The fourth-order valence-electron chi connectivity index (χ4n) is 4.88. The first-order valence-electron chi connectivity index (χ1n) is 12.3.